The second-order valence-corrected chi connectivity index (χ2v) is 6.68. The number of anilines is 2. The molecule has 4 nitrogen and oxygen atoms in total. The monoisotopic (exact) mass is 342 g/mol. The minimum absolute atomic E-state index is 0.0436. The predicted octanol–water partition coefficient (Wildman–Crippen LogP) is 3.95. The number of rotatable bonds is 3. The Morgan fingerprint density at radius 2 is 1.75 bits per heavy atom. The molecule has 2 aromatic carbocycles. The van der Waals surface area contributed by atoms with E-state index in [-0.39, 0.29) is 24.2 Å². The second kappa shape index (κ2) is 6.65. The van der Waals surface area contributed by atoms with E-state index < -0.39 is 0 Å². The average Bonchev–Trinajstić information content (AvgIpc) is 2.89. The molecular formula is C19H19ClN2O2. The number of carbonyl (C=O) groups is 2. The summed E-state index contributed by atoms with van der Waals surface area (Å²) in [5.41, 5.74) is 3.73. The first-order valence-corrected chi connectivity index (χ1v) is 8.25. The summed E-state index contributed by atoms with van der Waals surface area (Å²) in [6.07, 6.45) is 0.221. The van der Waals surface area contributed by atoms with Crippen molar-refractivity contribution in [1.82, 2.24) is 0 Å². The SMILES string of the molecule is Cc1cc(C)cc(NC(=O)[C@@H]2CC(=O)N(c3ccc(Cl)cc3)C2)c1. The van der Waals surface area contributed by atoms with Gasteiger partial charge in [-0.05, 0) is 61.4 Å². The third kappa shape index (κ3) is 3.60. The van der Waals surface area contributed by atoms with Crippen molar-refractivity contribution >= 4 is 34.8 Å². The molecule has 5 heteroatoms. The van der Waals surface area contributed by atoms with Gasteiger partial charge in [0.25, 0.3) is 0 Å². The lowest BCUT2D eigenvalue weighted by Gasteiger charge is -2.17. The topological polar surface area (TPSA) is 49.4 Å². The van der Waals surface area contributed by atoms with Crippen LogP contribution in [0.5, 0.6) is 0 Å². The van der Waals surface area contributed by atoms with Crippen molar-refractivity contribution in [2.75, 3.05) is 16.8 Å². The largest absolute Gasteiger partial charge is 0.326 e. The van der Waals surface area contributed by atoms with Crippen molar-refractivity contribution in [1.29, 1.82) is 0 Å². The molecule has 0 saturated carbocycles. The number of hydrogen-bond donors (Lipinski definition) is 1. The molecule has 0 aromatic heterocycles. The van der Waals surface area contributed by atoms with Crippen LogP contribution in [-0.2, 0) is 9.59 Å². The highest BCUT2D eigenvalue weighted by atomic mass is 35.5. The molecule has 1 saturated heterocycles. The number of halogens is 1. The maximum absolute atomic E-state index is 12.5. The fourth-order valence-electron chi connectivity index (χ4n) is 3.04. The van der Waals surface area contributed by atoms with Crippen LogP contribution in [0.3, 0.4) is 0 Å². The van der Waals surface area contributed by atoms with Crippen molar-refractivity contribution in [3.63, 3.8) is 0 Å². The standard InChI is InChI=1S/C19H19ClN2O2/c1-12-7-13(2)9-16(8-12)21-19(24)14-10-18(23)22(11-14)17-5-3-15(20)4-6-17/h3-9,14H,10-11H2,1-2H3,(H,21,24)/t14-/m1/s1. The van der Waals surface area contributed by atoms with E-state index in [0.29, 0.717) is 11.6 Å². The summed E-state index contributed by atoms with van der Waals surface area (Å²) in [6.45, 7) is 4.37. The Morgan fingerprint density at radius 1 is 1.12 bits per heavy atom. The highest BCUT2D eigenvalue weighted by Crippen LogP contribution is 2.27. The average molecular weight is 343 g/mol. The van der Waals surface area contributed by atoms with Gasteiger partial charge in [-0.3, -0.25) is 9.59 Å². The van der Waals surface area contributed by atoms with Gasteiger partial charge in [0.15, 0.2) is 0 Å². The van der Waals surface area contributed by atoms with Crippen LogP contribution in [-0.4, -0.2) is 18.4 Å². The van der Waals surface area contributed by atoms with Crippen molar-refractivity contribution in [3.05, 3.63) is 58.6 Å². The summed E-state index contributed by atoms with van der Waals surface area (Å²) in [4.78, 5) is 26.4. The number of aryl methyl sites for hydroxylation is 2. The Bertz CT molecular complexity index is 766. The zero-order valence-electron chi connectivity index (χ0n) is 13.7. The van der Waals surface area contributed by atoms with Crippen molar-refractivity contribution < 1.29 is 9.59 Å². The molecule has 1 heterocycles. The van der Waals surface area contributed by atoms with E-state index in [4.69, 9.17) is 11.6 Å². The van der Waals surface area contributed by atoms with E-state index in [9.17, 15) is 9.59 Å². The fourth-order valence-corrected chi connectivity index (χ4v) is 3.17. The Balaban J connectivity index is 1.70. The van der Waals surface area contributed by atoms with Crippen LogP contribution in [0.4, 0.5) is 11.4 Å². The highest BCUT2D eigenvalue weighted by molar-refractivity contribution is 6.30. The molecule has 2 amide bonds. The molecule has 1 N–H and O–H groups in total. The van der Waals surface area contributed by atoms with Crippen molar-refractivity contribution in [2.45, 2.75) is 20.3 Å². The molecule has 2 aromatic rings. The Hall–Kier alpha value is -2.33. The van der Waals surface area contributed by atoms with Gasteiger partial charge in [0, 0.05) is 29.4 Å². The van der Waals surface area contributed by atoms with Crippen LogP contribution in [0.25, 0.3) is 0 Å². The minimum atomic E-state index is -0.353. The van der Waals surface area contributed by atoms with Crippen LogP contribution in [0.1, 0.15) is 17.5 Å². The van der Waals surface area contributed by atoms with Crippen LogP contribution in [0.2, 0.25) is 5.02 Å². The van der Waals surface area contributed by atoms with Gasteiger partial charge >= 0.3 is 0 Å². The van der Waals surface area contributed by atoms with E-state index in [0.717, 1.165) is 22.5 Å². The van der Waals surface area contributed by atoms with E-state index >= 15 is 0 Å². The first-order valence-electron chi connectivity index (χ1n) is 7.87. The van der Waals surface area contributed by atoms with Crippen molar-refractivity contribution in [2.24, 2.45) is 5.92 Å². The number of nitrogens with zero attached hydrogens (tertiary/aromatic N) is 1. The van der Waals surface area contributed by atoms with Gasteiger partial charge in [0.05, 0.1) is 5.92 Å². The van der Waals surface area contributed by atoms with Crippen LogP contribution in [0, 0.1) is 19.8 Å². The number of hydrogen-bond acceptors (Lipinski definition) is 2. The summed E-state index contributed by atoms with van der Waals surface area (Å²) < 4.78 is 0. The summed E-state index contributed by atoms with van der Waals surface area (Å²) in [7, 11) is 0. The molecule has 1 fully saturated rings. The number of carbonyl (C=O) groups excluding carboxylic acids is 2. The van der Waals surface area contributed by atoms with E-state index in [1.54, 1.807) is 29.2 Å². The van der Waals surface area contributed by atoms with Crippen LogP contribution >= 0.6 is 11.6 Å². The molecule has 0 bridgehead atoms. The Kier molecular flexibility index (Phi) is 4.58. The van der Waals surface area contributed by atoms with Crippen LogP contribution in [0.15, 0.2) is 42.5 Å². The Morgan fingerprint density at radius 3 is 2.38 bits per heavy atom. The molecule has 1 atom stereocenters. The normalized spacial score (nSPS) is 17.2. The van der Waals surface area contributed by atoms with E-state index in [1.165, 1.54) is 0 Å². The molecular weight excluding hydrogens is 324 g/mol. The minimum Gasteiger partial charge on any atom is -0.326 e. The number of amides is 2. The molecule has 124 valence electrons. The first-order chi connectivity index (χ1) is 11.4. The van der Waals surface area contributed by atoms with Crippen LogP contribution < -0.4 is 10.2 Å². The number of nitrogens with one attached hydrogen (secondary N) is 1. The Labute approximate surface area is 146 Å². The molecule has 24 heavy (non-hydrogen) atoms. The van der Waals surface area contributed by atoms with Gasteiger partial charge in [0.2, 0.25) is 11.8 Å². The lowest BCUT2D eigenvalue weighted by Crippen LogP contribution is -2.28. The van der Waals surface area contributed by atoms with Crippen molar-refractivity contribution in [3.8, 4) is 0 Å². The van der Waals surface area contributed by atoms with E-state index in [2.05, 4.69) is 11.4 Å². The number of benzene rings is 2. The second-order valence-electron chi connectivity index (χ2n) is 6.25. The zero-order valence-corrected chi connectivity index (χ0v) is 14.4. The molecule has 1 aliphatic rings. The predicted molar refractivity (Wildman–Crippen MR) is 96.5 cm³/mol. The third-order valence-corrected chi connectivity index (χ3v) is 4.38. The maximum atomic E-state index is 12.5. The van der Waals surface area contributed by atoms with Gasteiger partial charge in [-0.1, -0.05) is 17.7 Å². The zero-order chi connectivity index (χ0) is 17.3. The lowest BCUT2D eigenvalue weighted by molar-refractivity contribution is -0.122. The smallest absolute Gasteiger partial charge is 0.229 e. The molecule has 1 aliphatic heterocycles. The molecule has 0 aliphatic carbocycles. The molecule has 3 rings (SSSR count). The lowest BCUT2D eigenvalue weighted by atomic mass is 10.1. The highest BCUT2D eigenvalue weighted by Gasteiger charge is 2.35. The fraction of sp³-hybridized carbons (Fsp3) is 0.263. The van der Waals surface area contributed by atoms with E-state index in [1.807, 2.05) is 26.0 Å². The summed E-state index contributed by atoms with van der Waals surface area (Å²) >= 11 is 5.88. The summed E-state index contributed by atoms with van der Waals surface area (Å²) in [5, 5.41) is 3.55. The van der Waals surface area contributed by atoms with Gasteiger partial charge in [0.1, 0.15) is 0 Å². The summed E-state index contributed by atoms with van der Waals surface area (Å²) in [6, 6.07) is 13.0. The molecule has 0 radical (unpaired) electrons. The third-order valence-electron chi connectivity index (χ3n) is 4.12. The van der Waals surface area contributed by atoms with Gasteiger partial charge < -0.3 is 10.2 Å². The van der Waals surface area contributed by atoms with Gasteiger partial charge in [-0.2, -0.15) is 0 Å². The molecule has 0 spiro atoms. The first kappa shape index (κ1) is 16.5. The van der Waals surface area contributed by atoms with Gasteiger partial charge in [-0.15, -0.1) is 0 Å². The quantitative estimate of drug-likeness (QED) is 0.918. The molecule has 0 unspecified atom stereocenters. The summed E-state index contributed by atoms with van der Waals surface area (Å²) in [5.74, 6) is -0.517. The maximum Gasteiger partial charge on any atom is 0.229 e. The van der Waals surface area contributed by atoms with Gasteiger partial charge in [-0.25, -0.2) is 0 Å².